The molecule has 5 heteroatoms. The number of thiophene rings is 1. The number of quaternary nitrogens is 1. The van der Waals surface area contributed by atoms with E-state index in [9.17, 15) is 0 Å². The molecule has 4 nitrogen and oxygen atoms in total. The molecule has 1 saturated heterocycles. The summed E-state index contributed by atoms with van der Waals surface area (Å²) in [6.45, 7) is 4.40. The van der Waals surface area contributed by atoms with Crippen molar-refractivity contribution in [3.05, 3.63) is 41.8 Å². The van der Waals surface area contributed by atoms with Crippen LogP contribution in [-0.4, -0.2) is 43.4 Å². The zero-order chi connectivity index (χ0) is 14.9. The summed E-state index contributed by atoms with van der Waals surface area (Å²) in [4.78, 5) is 5.14. The van der Waals surface area contributed by atoms with Crippen molar-refractivity contribution in [3.8, 4) is 10.6 Å². The van der Waals surface area contributed by atoms with E-state index < -0.39 is 0 Å². The Bertz CT molecular complexity index is 776. The monoisotopic (exact) mass is 311 g/mol. The minimum Gasteiger partial charge on any atom is -0.343 e. The summed E-state index contributed by atoms with van der Waals surface area (Å²) in [6.07, 6.45) is 0. The molecule has 0 spiro atoms. The summed E-state index contributed by atoms with van der Waals surface area (Å²) in [5.74, 6) is 1.03. The van der Waals surface area contributed by atoms with Crippen LogP contribution in [0.3, 0.4) is 0 Å². The van der Waals surface area contributed by atoms with Crippen molar-refractivity contribution in [2.75, 3.05) is 38.1 Å². The standard InChI is InChI=1S/C17H18N4S/c1-20-8-10-21(11-9-20)17-14-6-3-2-5-13(14)16(18-19-17)15-7-4-12-22-15/h2-7,12H,8-11H2,1H3/p+1. The predicted molar refractivity (Wildman–Crippen MR) is 91.7 cm³/mol. The topological polar surface area (TPSA) is 33.5 Å². The molecule has 0 atom stereocenters. The quantitative estimate of drug-likeness (QED) is 0.782. The molecule has 0 bridgehead atoms. The van der Waals surface area contributed by atoms with Gasteiger partial charge in [-0.25, -0.2) is 0 Å². The minimum absolute atomic E-state index is 0.995. The lowest BCUT2D eigenvalue weighted by Crippen LogP contribution is -3.12. The van der Waals surface area contributed by atoms with Crippen molar-refractivity contribution in [1.29, 1.82) is 0 Å². The van der Waals surface area contributed by atoms with Crippen LogP contribution in [0.25, 0.3) is 21.3 Å². The van der Waals surface area contributed by atoms with Crippen LogP contribution >= 0.6 is 11.3 Å². The van der Waals surface area contributed by atoms with Gasteiger partial charge in [0.05, 0.1) is 38.1 Å². The smallest absolute Gasteiger partial charge is 0.159 e. The first kappa shape index (κ1) is 13.7. The Balaban J connectivity index is 1.83. The van der Waals surface area contributed by atoms with Gasteiger partial charge < -0.3 is 9.80 Å². The SMILES string of the molecule is C[NH+]1CCN(c2nnc(-c3cccs3)c3ccccc23)CC1. The van der Waals surface area contributed by atoms with Crippen LogP contribution in [0.2, 0.25) is 0 Å². The maximum Gasteiger partial charge on any atom is 0.159 e. The van der Waals surface area contributed by atoms with Gasteiger partial charge in [0.15, 0.2) is 5.82 Å². The normalized spacial score (nSPS) is 16.3. The van der Waals surface area contributed by atoms with E-state index in [1.54, 1.807) is 16.2 Å². The third-order valence-corrected chi connectivity index (χ3v) is 5.22. The first-order valence-electron chi connectivity index (χ1n) is 7.68. The molecule has 0 radical (unpaired) electrons. The van der Waals surface area contributed by atoms with Gasteiger partial charge in [0.2, 0.25) is 0 Å². The van der Waals surface area contributed by atoms with Gasteiger partial charge in [-0.2, -0.15) is 0 Å². The average Bonchev–Trinajstić information content (AvgIpc) is 3.09. The molecule has 1 N–H and O–H groups in total. The second-order valence-corrected chi connectivity index (χ2v) is 6.79. The van der Waals surface area contributed by atoms with E-state index in [0.29, 0.717) is 0 Å². The summed E-state index contributed by atoms with van der Waals surface area (Å²) < 4.78 is 0. The summed E-state index contributed by atoms with van der Waals surface area (Å²) in [5.41, 5.74) is 0.995. The highest BCUT2D eigenvalue weighted by Crippen LogP contribution is 2.33. The predicted octanol–water partition coefficient (Wildman–Crippen LogP) is 1.69. The lowest BCUT2D eigenvalue weighted by atomic mass is 10.1. The Morgan fingerprint density at radius 1 is 1.00 bits per heavy atom. The molecular weight excluding hydrogens is 292 g/mol. The van der Waals surface area contributed by atoms with Crippen LogP contribution in [0.4, 0.5) is 5.82 Å². The van der Waals surface area contributed by atoms with Crippen LogP contribution in [0, 0.1) is 0 Å². The average molecular weight is 311 g/mol. The lowest BCUT2D eigenvalue weighted by Gasteiger charge is -2.31. The molecule has 1 fully saturated rings. The van der Waals surface area contributed by atoms with Crippen molar-refractivity contribution in [2.45, 2.75) is 0 Å². The third-order valence-electron chi connectivity index (χ3n) is 4.34. The zero-order valence-electron chi connectivity index (χ0n) is 12.6. The highest BCUT2D eigenvalue weighted by molar-refractivity contribution is 7.13. The first-order valence-corrected chi connectivity index (χ1v) is 8.56. The molecule has 4 rings (SSSR count). The second-order valence-electron chi connectivity index (χ2n) is 5.84. The van der Waals surface area contributed by atoms with Gasteiger partial charge in [0, 0.05) is 10.8 Å². The lowest BCUT2D eigenvalue weighted by molar-refractivity contribution is -0.880. The molecule has 112 valence electrons. The maximum absolute atomic E-state index is 4.58. The summed E-state index contributed by atoms with van der Waals surface area (Å²) in [5, 5.41) is 13.6. The van der Waals surface area contributed by atoms with Crippen LogP contribution in [0.1, 0.15) is 0 Å². The highest BCUT2D eigenvalue weighted by atomic mass is 32.1. The van der Waals surface area contributed by atoms with E-state index in [1.807, 2.05) is 0 Å². The van der Waals surface area contributed by atoms with Gasteiger partial charge in [-0.1, -0.05) is 30.3 Å². The molecule has 3 heterocycles. The molecule has 1 aromatic carbocycles. The van der Waals surface area contributed by atoms with Crippen molar-refractivity contribution in [2.24, 2.45) is 0 Å². The number of nitrogens with one attached hydrogen (secondary N) is 1. The Labute approximate surface area is 134 Å². The minimum atomic E-state index is 0.995. The van der Waals surface area contributed by atoms with Gasteiger partial charge >= 0.3 is 0 Å². The van der Waals surface area contributed by atoms with E-state index >= 15 is 0 Å². The number of aromatic nitrogens is 2. The molecule has 1 aliphatic heterocycles. The number of hydrogen-bond acceptors (Lipinski definition) is 4. The highest BCUT2D eigenvalue weighted by Gasteiger charge is 2.21. The van der Waals surface area contributed by atoms with E-state index in [2.05, 4.69) is 63.9 Å². The zero-order valence-corrected chi connectivity index (χ0v) is 13.4. The number of fused-ring (bicyclic) bond motifs is 1. The number of hydrogen-bond donors (Lipinski definition) is 1. The Hall–Kier alpha value is -1.98. The van der Waals surface area contributed by atoms with Gasteiger partial charge in [-0.05, 0) is 11.4 Å². The van der Waals surface area contributed by atoms with Crippen LogP contribution in [-0.2, 0) is 0 Å². The van der Waals surface area contributed by atoms with Gasteiger partial charge in [-0.15, -0.1) is 21.5 Å². The molecule has 0 amide bonds. The Morgan fingerprint density at radius 2 is 1.77 bits per heavy atom. The van der Waals surface area contributed by atoms with E-state index in [-0.39, 0.29) is 0 Å². The van der Waals surface area contributed by atoms with Gasteiger partial charge in [0.25, 0.3) is 0 Å². The number of benzene rings is 1. The fourth-order valence-corrected chi connectivity index (χ4v) is 3.74. The molecule has 0 saturated carbocycles. The third kappa shape index (κ3) is 2.36. The summed E-state index contributed by atoms with van der Waals surface area (Å²) in [6, 6.07) is 12.7. The number of likely N-dealkylation sites (N-methyl/N-ethyl adjacent to an activating group) is 1. The molecule has 3 aromatic rings. The van der Waals surface area contributed by atoms with Crippen molar-refractivity contribution < 1.29 is 4.90 Å². The van der Waals surface area contributed by atoms with Crippen molar-refractivity contribution >= 4 is 27.9 Å². The van der Waals surface area contributed by atoms with Crippen LogP contribution < -0.4 is 9.80 Å². The number of piperazine rings is 1. The molecule has 0 aliphatic carbocycles. The van der Waals surface area contributed by atoms with E-state index in [4.69, 9.17) is 0 Å². The van der Waals surface area contributed by atoms with E-state index in [1.165, 1.54) is 15.6 Å². The number of nitrogens with zero attached hydrogens (tertiary/aromatic N) is 3. The number of rotatable bonds is 2. The Morgan fingerprint density at radius 3 is 2.50 bits per heavy atom. The first-order chi connectivity index (χ1) is 10.8. The molecule has 0 unspecified atom stereocenters. The van der Waals surface area contributed by atoms with Crippen LogP contribution in [0.15, 0.2) is 41.8 Å². The fourth-order valence-electron chi connectivity index (χ4n) is 3.02. The van der Waals surface area contributed by atoms with Crippen molar-refractivity contribution in [1.82, 2.24) is 10.2 Å². The molecule has 1 aliphatic rings. The van der Waals surface area contributed by atoms with Gasteiger partial charge in [-0.3, -0.25) is 0 Å². The maximum atomic E-state index is 4.58. The summed E-state index contributed by atoms with van der Waals surface area (Å²) in [7, 11) is 2.25. The molecule has 2 aromatic heterocycles. The molecular formula is C17H19N4S+. The Kier molecular flexibility index (Phi) is 3.52. The largest absolute Gasteiger partial charge is 0.343 e. The number of anilines is 1. The van der Waals surface area contributed by atoms with Crippen molar-refractivity contribution in [3.63, 3.8) is 0 Å². The molecule has 22 heavy (non-hydrogen) atoms. The van der Waals surface area contributed by atoms with E-state index in [0.717, 1.165) is 37.7 Å². The second kappa shape index (κ2) is 5.66. The fraction of sp³-hybridized carbons (Fsp3) is 0.294. The van der Waals surface area contributed by atoms with Crippen LogP contribution in [0.5, 0.6) is 0 Å². The summed E-state index contributed by atoms with van der Waals surface area (Å²) >= 11 is 1.71. The van der Waals surface area contributed by atoms with Gasteiger partial charge in [0.1, 0.15) is 5.69 Å².